The molecule has 2 nitrogen and oxygen atoms in total. The molecule has 186 valence electrons. The van der Waals surface area contributed by atoms with Gasteiger partial charge in [0.2, 0.25) is 0 Å². The highest BCUT2D eigenvalue weighted by Gasteiger charge is 2.15. The molecule has 0 unspecified atom stereocenters. The molecule has 2 aromatic heterocycles. The Hall–Kier alpha value is -7.04. The van der Waals surface area contributed by atoms with Gasteiger partial charge < -0.3 is 0 Å². The van der Waals surface area contributed by atoms with Gasteiger partial charge in [0.25, 0.3) is 0 Å². The Morgan fingerprint density at radius 1 is 0.429 bits per heavy atom. The molecule has 5 aromatic rings. The molecule has 2 heterocycles. The molecule has 5 rings (SSSR count). The molecule has 42 heavy (non-hydrogen) atoms. The highest BCUT2D eigenvalue weighted by atomic mass is 14.8. The van der Waals surface area contributed by atoms with E-state index < -0.39 is 0 Å². The first-order valence-electron chi connectivity index (χ1n) is 12.6. The van der Waals surface area contributed by atoms with Gasteiger partial charge in [0, 0.05) is 10.8 Å². The minimum atomic E-state index is 0.547. The second kappa shape index (κ2) is 13.2. The fourth-order valence-corrected chi connectivity index (χ4v) is 4.27. The van der Waals surface area contributed by atoms with Crippen LogP contribution >= 0.6 is 0 Å². The molecule has 0 radical (unpaired) electrons. The maximum Gasteiger partial charge on any atom is 0.115 e. The van der Waals surface area contributed by atoms with E-state index >= 15 is 0 Å². The number of benzene rings is 3. The van der Waals surface area contributed by atoms with Gasteiger partial charge in [0.05, 0.1) is 11.0 Å². The van der Waals surface area contributed by atoms with Crippen LogP contribution in [-0.2, 0) is 0 Å². The van der Waals surface area contributed by atoms with E-state index in [2.05, 4.69) is 119 Å². The van der Waals surface area contributed by atoms with Gasteiger partial charge in [0.15, 0.2) is 0 Å². The number of hydrogen-bond donors (Lipinski definition) is 0. The quantitative estimate of drug-likeness (QED) is 0.206. The number of nitrogens with zero attached hydrogens (tertiary/aromatic N) is 2. The second-order valence-corrected chi connectivity index (χ2v) is 8.49. The molecular formula is C40H16N2. The zero-order chi connectivity index (χ0) is 29.0. The maximum atomic E-state index is 5.14. The molecule has 0 bridgehead atoms. The van der Waals surface area contributed by atoms with Gasteiger partial charge in [-0.15, -0.1) is 12.8 Å². The summed E-state index contributed by atoms with van der Waals surface area (Å²) in [7, 11) is 0. The average Bonchev–Trinajstić information content (AvgIpc) is 3.04. The topological polar surface area (TPSA) is 25.8 Å². The summed E-state index contributed by atoms with van der Waals surface area (Å²) in [5.74, 6) is 36.9. The fourth-order valence-electron chi connectivity index (χ4n) is 4.27. The highest BCUT2D eigenvalue weighted by molar-refractivity contribution is 6.12. The van der Waals surface area contributed by atoms with Crippen LogP contribution in [0.4, 0.5) is 0 Å². The third-order valence-corrected chi connectivity index (χ3v) is 5.95. The largest absolute Gasteiger partial charge is 0.237 e. The molecule has 0 saturated heterocycles. The Morgan fingerprint density at radius 3 is 1.21 bits per heavy atom. The predicted octanol–water partition coefficient (Wildman–Crippen LogP) is 6.10. The van der Waals surface area contributed by atoms with E-state index in [0.717, 1.165) is 33.0 Å². The van der Waals surface area contributed by atoms with Gasteiger partial charge in [-0.3, -0.25) is 0 Å². The number of terminal acetylenes is 2. The number of hydrogen-bond acceptors (Lipinski definition) is 2. The van der Waals surface area contributed by atoms with E-state index in [0.29, 0.717) is 22.4 Å². The van der Waals surface area contributed by atoms with Crippen LogP contribution in [0.15, 0.2) is 84.9 Å². The average molecular weight is 525 g/mol. The number of fused-ring (bicyclic) bond motifs is 3. The van der Waals surface area contributed by atoms with E-state index in [1.165, 1.54) is 0 Å². The summed E-state index contributed by atoms with van der Waals surface area (Å²) < 4.78 is 0. The van der Waals surface area contributed by atoms with E-state index in [-0.39, 0.29) is 0 Å². The van der Waals surface area contributed by atoms with Gasteiger partial charge in [0.1, 0.15) is 11.4 Å². The molecular weight excluding hydrogens is 508 g/mol. The van der Waals surface area contributed by atoms with Gasteiger partial charge in [-0.05, 0) is 117 Å². The molecule has 0 amide bonds. The van der Waals surface area contributed by atoms with Crippen molar-refractivity contribution >= 4 is 21.8 Å². The summed E-state index contributed by atoms with van der Waals surface area (Å²) >= 11 is 0. The lowest BCUT2D eigenvalue weighted by atomic mass is 9.95. The summed E-state index contributed by atoms with van der Waals surface area (Å²) in [5, 5.41) is 1.87. The first-order chi connectivity index (χ1) is 20.8. The summed E-state index contributed by atoms with van der Waals surface area (Å²) in [6.07, 6.45) is 10.3. The van der Waals surface area contributed by atoms with Crippen LogP contribution in [0.1, 0.15) is 11.4 Å². The maximum absolute atomic E-state index is 5.14. The lowest BCUT2D eigenvalue weighted by Gasteiger charge is -2.13. The standard InChI is InChI=1S/C40H16N2/c1-3-5-7-9-11-19-25-33-29-37(31-21-15-13-16-22-31)35-27-28-36-38(32-23-17-14-18-24-32)30-34(42-40(36)39(35)41-33)26-20-12-10-8-6-4-2/h1-2,13-18,21-24,27-30H. The van der Waals surface area contributed by atoms with Crippen LogP contribution < -0.4 is 0 Å². The van der Waals surface area contributed by atoms with E-state index in [9.17, 15) is 0 Å². The molecule has 0 aliphatic carbocycles. The van der Waals surface area contributed by atoms with Crippen LogP contribution in [0, 0.1) is 95.7 Å². The smallest absolute Gasteiger partial charge is 0.115 e. The second-order valence-electron chi connectivity index (χ2n) is 8.49. The Kier molecular flexibility index (Phi) is 8.32. The Balaban J connectivity index is 1.81. The molecule has 0 fully saturated rings. The van der Waals surface area contributed by atoms with Crippen LogP contribution in [0.25, 0.3) is 44.1 Å². The van der Waals surface area contributed by atoms with Crippen molar-refractivity contribution in [1.29, 1.82) is 0 Å². The highest BCUT2D eigenvalue weighted by Crippen LogP contribution is 2.36. The lowest BCUT2D eigenvalue weighted by molar-refractivity contribution is 1.33. The zero-order valence-electron chi connectivity index (χ0n) is 22.1. The van der Waals surface area contributed by atoms with Gasteiger partial charge in [-0.1, -0.05) is 72.8 Å². The number of pyridine rings is 2. The minimum Gasteiger partial charge on any atom is -0.237 e. The minimum absolute atomic E-state index is 0.547. The van der Waals surface area contributed by atoms with Crippen molar-refractivity contribution in [1.82, 2.24) is 9.97 Å². The molecule has 0 atom stereocenters. The van der Waals surface area contributed by atoms with E-state index in [1.54, 1.807) is 0 Å². The normalized spacial score (nSPS) is 8.71. The summed E-state index contributed by atoms with van der Waals surface area (Å²) in [5.41, 5.74) is 6.50. The Labute approximate surface area is 245 Å². The van der Waals surface area contributed by atoms with Gasteiger partial charge >= 0.3 is 0 Å². The van der Waals surface area contributed by atoms with Crippen LogP contribution in [0.2, 0.25) is 0 Å². The van der Waals surface area contributed by atoms with Crippen molar-refractivity contribution in [3.8, 4) is 118 Å². The van der Waals surface area contributed by atoms with Gasteiger partial charge in [-0.2, -0.15) is 0 Å². The zero-order valence-corrected chi connectivity index (χ0v) is 22.1. The fraction of sp³-hybridized carbons (Fsp3) is 0. The third-order valence-electron chi connectivity index (χ3n) is 5.95. The first-order valence-corrected chi connectivity index (χ1v) is 12.6. The molecule has 2 heteroatoms. The van der Waals surface area contributed by atoms with Crippen molar-refractivity contribution in [3.63, 3.8) is 0 Å². The van der Waals surface area contributed by atoms with Crippen molar-refractivity contribution < 1.29 is 0 Å². The van der Waals surface area contributed by atoms with Crippen molar-refractivity contribution in [2.24, 2.45) is 0 Å². The van der Waals surface area contributed by atoms with Crippen LogP contribution in [0.3, 0.4) is 0 Å². The van der Waals surface area contributed by atoms with E-state index in [4.69, 9.17) is 22.8 Å². The molecule has 0 aliphatic rings. The first kappa shape index (κ1) is 26.6. The van der Waals surface area contributed by atoms with Crippen molar-refractivity contribution in [3.05, 3.63) is 96.3 Å². The number of aromatic nitrogens is 2. The summed E-state index contributed by atoms with van der Waals surface area (Å²) in [6.45, 7) is 0. The summed E-state index contributed by atoms with van der Waals surface area (Å²) in [6, 6.07) is 28.2. The molecule has 0 spiro atoms. The van der Waals surface area contributed by atoms with E-state index in [1.807, 2.05) is 48.5 Å². The van der Waals surface area contributed by atoms with Crippen LogP contribution in [-0.4, -0.2) is 9.97 Å². The SMILES string of the molecule is C#CC#CC#CC#Cc1cc(-c2ccccc2)c2ccc3c(-c4ccccc4)cc(C#CC#CC#CC#C)nc3c2n1. The predicted molar refractivity (Wildman–Crippen MR) is 170 cm³/mol. The molecule has 0 saturated carbocycles. The third kappa shape index (κ3) is 6.15. The lowest BCUT2D eigenvalue weighted by Crippen LogP contribution is -1.95. The van der Waals surface area contributed by atoms with Crippen molar-refractivity contribution in [2.75, 3.05) is 0 Å². The monoisotopic (exact) mass is 524 g/mol. The Bertz CT molecular complexity index is 2160. The summed E-state index contributed by atoms with van der Waals surface area (Å²) in [4.78, 5) is 9.89. The van der Waals surface area contributed by atoms with Gasteiger partial charge in [-0.25, -0.2) is 9.97 Å². The number of rotatable bonds is 2. The van der Waals surface area contributed by atoms with Crippen molar-refractivity contribution in [2.45, 2.75) is 0 Å². The Morgan fingerprint density at radius 2 is 0.810 bits per heavy atom. The molecule has 3 aromatic carbocycles. The van der Waals surface area contributed by atoms with Crippen LogP contribution in [0.5, 0.6) is 0 Å². The molecule has 0 N–H and O–H groups in total. The molecule has 0 aliphatic heterocycles.